The summed E-state index contributed by atoms with van der Waals surface area (Å²) in [6.07, 6.45) is 1.95. The van der Waals surface area contributed by atoms with Crippen LogP contribution in [0.2, 0.25) is 0 Å². The molecule has 0 fully saturated rings. The second-order valence-corrected chi connectivity index (χ2v) is 6.26. The minimum Gasteiger partial charge on any atom is -0.744 e. The maximum Gasteiger partial charge on any atom is 1.00 e. The summed E-state index contributed by atoms with van der Waals surface area (Å²) in [5.41, 5.74) is 0.517. The van der Waals surface area contributed by atoms with Gasteiger partial charge in [0.1, 0.15) is 10.1 Å². The van der Waals surface area contributed by atoms with Crippen LogP contribution in [-0.4, -0.2) is 13.0 Å². The molecule has 0 aliphatic carbocycles. The molecule has 0 saturated carbocycles. The molecule has 0 unspecified atom stereocenters. The van der Waals surface area contributed by atoms with E-state index in [2.05, 4.69) is 6.58 Å². The van der Waals surface area contributed by atoms with Gasteiger partial charge in [-0.25, -0.2) is 8.42 Å². The van der Waals surface area contributed by atoms with Gasteiger partial charge in [-0.15, -0.1) is 6.58 Å². The van der Waals surface area contributed by atoms with Gasteiger partial charge in [0.15, 0.2) is 0 Å². The molecule has 0 heterocycles. The molecule has 0 saturated heterocycles. The molecule has 0 aliphatic heterocycles. The number of hydrogen-bond donors (Lipinski definition) is 0. The molecular weight excluding hydrogens is 307 g/mol. The summed E-state index contributed by atoms with van der Waals surface area (Å²) in [7, 11) is -4.50. The first-order chi connectivity index (χ1) is 10.0. The van der Waals surface area contributed by atoms with E-state index in [9.17, 15) is 13.0 Å². The van der Waals surface area contributed by atoms with Crippen molar-refractivity contribution in [1.82, 2.24) is 0 Å². The van der Waals surface area contributed by atoms with Gasteiger partial charge in [-0.1, -0.05) is 36.4 Å². The Morgan fingerprint density at radius 1 is 1.00 bits per heavy atom. The van der Waals surface area contributed by atoms with Crippen molar-refractivity contribution >= 4 is 31.7 Å². The zero-order chi connectivity index (χ0) is 15.0. The van der Waals surface area contributed by atoms with Crippen molar-refractivity contribution < 1.29 is 42.5 Å². The smallest absolute Gasteiger partial charge is 0.744 e. The Morgan fingerprint density at radius 2 is 1.64 bits per heavy atom. The molecule has 3 aromatic carbocycles. The number of rotatable bonds is 3. The Labute approximate surface area is 151 Å². The van der Waals surface area contributed by atoms with Crippen LogP contribution in [0, 0.1) is 0 Å². The van der Waals surface area contributed by atoms with Crippen LogP contribution in [-0.2, 0) is 16.5 Å². The molecule has 3 rings (SSSR count). The zero-order valence-electron chi connectivity index (χ0n) is 12.2. The molecular formula is C17H13NaO3S. The van der Waals surface area contributed by atoms with E-state index in [0.29, 0.717) is 12.0 Å². The van der Waals surface area contributed by atoms with Crippen molar-refractivity contribution in [2.24, 2.45) is 0 Å². The molecule has 0 amide bonds. The van der Waals surface area contributed by atoms with Crippen LogP contribution in [0.4, 0.5) is 0 Å². The molecule has 3 nitrogen and oxygen atoms in total. The summed E-state index contributed by atoms with van der Waals surface area (Å²) in [4.78, 5) is -0.162. The van der Waals surface area contributed by atoms with Gasteiger partial charge in [0.2, 0.25) is 0 Å². The molecule has 106 valence electrons. The second-order valence-electron chi connectivity index (χ2n) is 4.91. The van der Waals surface area contributed by atoms with Crippen LogP contribution in [0.5, 0.6) is 0 Å². The SMILES string of the molecule is C=CCc1c(S(=O)(=O)[O-])ccc2cc3ccccc3cc12.[Na+]. The van der Waals surface area contributed by atoms with Crippen molar-refractivity contribution in [1.29, 1.82) is 0 Å². The number of allylic oxidation sites excluding steroid dienone is 1. The molecule has 0 N–H and O–H groups in total. The van der Waals surface area contributed by atoms with Crippen molar-refractivity contribution in [3.05, 3.63) is 66.7 Å². The minimum atomic E-state index is -4.50. The van der Waals surface area contributed by atoms with Crippen LogP contribution in [0.1, 0.15) is 5.56 Å². The number of fused-ring (bicyclic) bond motifs is 2. The van der Waals surface area contributed by atoms with E-state index in [1.54, 1.807) is 12.1 Å². The van der Waals surface area contributed by atoms with Crippen molar-refractivity contribution in [2.45, 2.75) is 11.3 Å². The average molecular weight is 320 g/mol. The summed E-state index contributed by atoms with van der Waals surface area (Å²) in [5.74, 6) is 0. The van der Waals surface area contributed by atoms with Crippen LogP contribution >= 0.6 is 0 Å². The molecule has 0 aliphatic rings. The molecule has 0 aromatic heterocycles. The molecule has 0 radical (unpaired) electrons. The Balaban J connectivity index is 0.00000176. The molecule has 0 spiro atoms. The minimum absolute atomic E-state index is 0. The summed E-state index contributed by atoms with van der Waals surface area (Å²) in [6, 6.07) is 14.8. The molecule has 5 heteroatoms. The normalized spacial score (nSPS) is 11.3. The zero-order valence-corrected chi connectivity index (χ0v) is 15.1. The van der Waals surface area contributed by atoms with E-state index in [1.165, 1.54) is 6.07 Å². The summed E-state index contributed by atoms with van der Waals surface area (Å²) >= 11 is 0. The van der Waals surface area contributed by atoms with Crippen LogP contribution in [0.15, 0.2) is 66.1 Å². The Kier molecular flexibility index (Phi) is 5.10. The van der Waals surface area contributed by atoms with Crippen LogP contribution in [0.3, 0.4) is 0 Å². The Morgan fingerprint density at radius 3 is 2.23 bits per heavy atom. The molecule has 0 atom stereocenters. The van der Waals surface area contributed by atoms with Gasteiger partial charge in [-0.2, -0.15) is 0 Å². The Hall–Kier alpha value is -1.17. The third-order valence-corrected chi connectivity index (χ3v) is 4.49. The monoisotopic (exact) mass is 320 g/mol. The average Bonchev–Trinajstić information content (AvgIpc) is 2.44. The van der Waals surface area contributed by atoms with Gasteiger partial charge in [0.05, 0.1) is 4.90 Å². The van der Waals surface area contributed by atoms with Gasteiger partial charge in [-0.05, 0) is 51.7 Å². The maximum absolute atomic E-state index is 11.4. The summed E-state index contributed by atoms with van der Waals surface area (Å²) < 4.78 is 34.3. The van der Waals surface area contributed by atoms with Gasteiger partial charge in [-0.3, -0.25) is 0 Å². The fourth-order valence-electron chi connectivity index (χ4n) is 2.65. The number of benzene rings is 3. The van der Waals surface area contributed by atoms with E-state index in [-0.39, 0.29) is 34.5 Å². The van der Waals surface area contributed by atoms with Crippen LogP contribution in [0.25, 0.3) is 21.5 Å². The first-order valence-corrected chi connectivity index (χ1v) is 7.93. The van der Waals surface area contributed by atoms with Crippen molar-refractivity contribution in [3.63, 3.8) is 0 Å². The molecule has 3 aromatic rings. The topological polar surface area (TPSA) is 57.2 Å². The fourth-order valence-corrected chi connectivity index (χ4v) is 3.37. The standard InChI is InChI=1S/C17H14O3S.Na/c1-2-5-15-16-11-13-7-4-3-6-12(13)10-14(16)8-9-17(15)21(18,19)20;/h2-4,6-11H,1,5H2,(H,18,19,20);/q;+1/p-1. The summed E-state index contributed by atoms with van der Waals surface area (Å²) in [5, 5.41) is 3.78. The second kappa shape index (κ2) is 6.52. The van der Waals surface area contributed by atoms with Gasteiger partial charge >= 0.3 is 29.6 Å². The molecule has 22 heavy (non-hydrogen) atoms. The largest absolute Gasteiger partial charge is 1.00 e. The first-order valence-electron chi connectivity index (χ1n) is 6.52. The first kappa shape index (κ1) is 17.2. The van der Waals surface area contributed by atoms with E-state index in [1.807, 2.05) is 36.4 Å². The van der Waals surface area contributed by atoms with Gasteiger partial charge < -0.3 is 4.55 Å². The summed E-state index contributed by atoms with van der Waals surface area (Å²) in [6.45, 7) is 3.65. The predicted octanol–water partition coefficient (Wildman–Crippen LogP) is 0.630. The Bertz CT molecular complexity index is 962. The maximum atomic E-state index is 11.4. The third kappa shape index (κ3) is 3.12. The molecule has 0 bridgehead atoms. The van der Waals surface area contributed by atoms with E-state index < -0.39 is 10.1 Å². The van der Waals surface area contributed by atoms with Crippen molar-refractivity contribution in [3.8, 4) is 0 Å². The van der Waals surface area contributed by atoms with E-state index in [0.717, 1.165) is 21.5 Å². The quantitative estimate of drug-likeness (QED) is 0.308. The predicted molar refractivity (Wildman–Crippen MR) is 83.3 cm³/mol. The van der Waals surface area contributed by atoms with Crippen molar-refractivity contribution in [2.75, 3.05) is 0 Å². The van der Waals surface area contributed by atoms with E-state index in [4.69, 9.17) is 0 Å². The van der Waals surface area contributed by atoms with E-state index >= 15 is 0 Å². The van der Waals surface area contributed by atoms with Gasteiger partial charge in [0, 0.05) is 0 Å². The number of hydrogen-bond acceptors (Lipinski definition) is 3. The van der Waals surface area contributed by atoms with Crippen LogP contribution < -0.4 is 29.6 Å². The fraction of sp³-hybridized carbons (Fsp3) is 0.0588. The van der Waals surface area contributed by atoms with Gasteiger partial charge in [0.25, 0.3) is 0 Å². The third-order valence-electron chi connectivity index (χ3n) is 3.57.